The lowest BCUT2D eigenvalue weighted by Crippen LogP contribution is -2.34. The van der Waals surface area contributed by atoms with Gasteiger partial charge in [0.1, 0.15) is 17.2 Å². The number of nitrogens with one attached hydrogen (secondary N) is 2. The zero-order valence-electron chi connectivity index (χ0n) is 20.5. The lowest BCUT2D eigenvalue weighted by atomic mass is 10.1. The normalized spacial score (nSPS) is 12.3. The number of hydrogen-bond donors (Lipinski definition) is 3. The molecule has 4 N–H and O–H groups in total. The Labute approximate surface area is 213 Å². The Morgan fingerprint density at radius 3 is 2.71 bits per heavy atom. The highest BCUT2D eigenvalue weighted by molar-refractivity contribution is 9.10. The lowest BCUT2D eigenvalue weighted by Gasteiger charge is -2.23. The zero-order valence-corrected chi connectivity index (χ0v) is 22.0. The van der Waals surface area contributed by atoms with Crippen molar-refractivity contribution < 1.29 is 18.7 Å². The van der Waals surface area contributed by atoms with Crippen LogP contribution < -0.4 is 21.1 Å². The Morgan fingerprint density at radius 2 is 1.97 bits per heavy atom. The van der Waals surface area contributed by atoms with Crippen LogP contribution in [0.4, 0.5) is 20.6 Å². The number of fused-ring (bicyclic) bond motifs is 1. The van der Waals surface area contributed by atoms with Gasteiger partial charge in [-0.15, -0.1) is 0 Å². The van der Waals surface area contributed by atoms with E-state index in [-0.39, 0.29) is 0 Å². The van der Waals surface area contributed by atoms with E-state index in [0.717, 1.165) is 33.9 Å². The molecule has 1 amide bonds. The number of unbranched alkanes of at least 4 members (excludes halogenated alkanes) is 1. The molecule has 0 spiro atoms. The van der Waals surface area contributed by atoms with Crippen LogP contribution in [0, 0.1) is 5.82 Å². The average Bonchev–Trinajstić information content (AvgIpc) is 2.76. The maximum absolute atomic E-state index is 13.9. The molecule has 0 saturated heterocycles. The van der Waals surface area contributed by atoms with Crippen LogP contribution in [0.15, 0.2) is 47.1 Å². The molecular weight excluding hydrogens is 515 g/mol. The van der Waals surface area contributed by atoms with Gasteiger partial charge in [0.05, 0.1) is 35.7 Å². The largest absolute Gasteiger partial charge is 0.493 e. The van der Waals surface area contributed by atoms with Gasteiger partial charge in [-0.05, 0) is 76.9 Å². The molecule has 0 bridgehead atoms. The first-order valence-corrected chi connectivity index (χ1v) is 12.3. The summed E-state index contributed by atoms with van der Waals surface area (Å²) < 4.78 is 26.1. The molecule has 35 heavy (non-hydrogen) atoms. The number of carbonyl (C=O) groups is 1. The first kappa shape index (κ1) is 26.5. The SMILES string of the molecule is C[C@@H](NC(=O)OC(C)(C)C)c1cc(F)ccc1OCCCCNc1c(N)cnc2ccc(Br)cc12. The van der Waals surface area contributed by atoms with E-state index in [4.69, 9.17) is 15.2 Å². The van der Waals surface area contributed by atoms with Crippen LogP contribution in [-0.2, 0) is 4.74 Å². The van der Waals surface area contributed by atoms with Gasteiger partial charge in [-0.1, -0.05) is 15.9 Å². The molecule has 9 heteroatoms. The molecule has 1 heterocycles. The molecule has 3 aromatic rings. The summed E-state index contributed by atoms with van der Waals surface area (Å²) in [5.74, 6) is 0.125. The summed E-state index contributed by atoms with van der Waals surface area (Å²) in [5.41, 5.74) is 8.39. The number of carbonyl (C=O) groups excluding carboxylic acids is 1. The predicted octanol–water partition coefficient (Wildman–Crippen LogP) is 6.58. The van der Waals surface area contributed by atoms with Crippen LogP contribution in [0.5, 0.6) is 5.75 Å². The van der Waals surface area contributed by atoms with Crippen LogP contribution in [-0.4, -0.2) is 29.8 Å². The number of nitrogens with zero attached hydrogens (tertiary/aromatic N) is 1. The number of ether oxygens (including phenoxy) is 2. The van der Waals surface area contributed by atoms with Gasteiger partial charge in [-0.25, -0.2) is 9.18 Å². The van der Waals surface area contributed by atoms with E-state index in [9.17, 15) is 9.18 Å². The third-order valence-electron chi connectivity index (χ3n) is 5.16. The van der Waals surface area contributed by atoms with Crippen molar-refractivity contribution in [1.82, 2.24) is 10.3 Å². The molecule has 188 valence electrons. The highest BCUT2D eigenvalue weighted by Crippen LogP contribution is 2.30. The van der Waals surface area contributed by atoms with E-state index in [1.54, 1.807) is 40.0 Å². The Balaban J connectivity index is 1.53. The molecule has 2 aromatic carbocycles. The van der Waals surface area contributed by atoms with Crippen LogP contribution in [0.3, 0.4) is 0 Å². The first-order valence-electron chi connectivity index (χ1n) is 11.5. The fourth-order valence-electron chi connectivity index (χ4n) is 3.55. The molecule has 0 unspecified atom stereocenters. The number of pyridine rings is 1. The van der Waals surface area contributed by atoms with Crippen molar-refractivity contribution in [1.29, 1.82) is 0 Å². The standard InChI is InChI=1S/C26H32BrFN4O3/c1-16(32-25(33)35-26(2,3)4)19-14-18(28)8-10-23(19)34-12-6-5-11-30-24-20-13-17(27)7-9-22(20)31-15-21(24)29/h7-10,13-16H,5-6,11-12,29H2,1-4H3,(H,30,31)(H,32,33)/t16-/m1/s1. The summed E-state index contributed by atoms with van der Waals surface area (Å²) in [5, 5.41) is 7.10. The minimum Gasteiger partial charge on any atom is -0.493 e. The second-order valence-electron chi connectivity index (χ2n) is 9.28. The second kappa shape index (κ2) is 11.6. The van der Waals surface area contributed by atoms with Gasteiger partial charge in [0.15, 0.2) is 0 Å². The maximum Gasteiger partial charge on any atom is 0.408 e. The van der Waals surface area contributed by atoms with Gasteiger partial charge in [0.2, 0.25) is 0 Å². The zero-order chi connectivity index (χ0) is 25.6. The van der Waals surface area contributed by atoms with Crippen molar-refractivity contribution in [3.63, 3.8) is 0 Å². The van der Waals surface area contributed by atoms with E-state index >= 15 is 0 Å². The number of benzene rings is 2. The highest BCUT2D eigenvalue weighted by Gasteiger charge is 2.20. The average molecular weight is 547 g/mol. The third-order valence-corrected chi connectivity index (χ3v) is 5.65. The highest BCUT2D eigenvalue weighted by atomic mass is 79.9. The molecule has 3 rings (SSSR count). The monoisotopic (exact) mass is 546 g/mol. The molecule has 0 aliphatic rings. The smallest absolute Gasteiger partial charge is 0.408 e. The molecular formula is C26H32BrFN4O3. The van der Waals surface area contributed by atoms with Crippen molar-refractivity contribution in [3.05, 3.63) is 58.4 Å². The number of rotatable bonds is 9. The molecule has 1 aromatic heterocycles. The lowest BCUT2D eigenvalue weighted by molar-refractivity contribution is 0.0507. The van der Waals surface area contributed by atoms with Gasteiger partial charge in [0.25, 0.3) is 0 Å². The molecule has 0 saturated carbocycles. The molecule has 7 nitrogen and oxygen atoms in total. The number of alkyl carbamates (subject to hydrolysis) is 1. The number of anilines is 2. The number of halogens is 2. The van der Waals surface area contributed by atoms with Gasteiger partial charge in [-0.3, -0.25) is 4.98 Å². The van der Waals surface area contributed by atoms with Crippen LogP contribution in [0.1, 0.15) is 52.1 Å². The maximum atomic E-state index is 13.9. The summed E-state index contributed by atoms with van der Waals surface area (Å²) in [6, 6.07) is 9.69. The quantitative estimate of drug-likeness (QED) is 0.262. The number of nitrogens with two attached hydrogens (primary N) is 1. The van der Waals surface area contributed by atoms with E-state index in [1.807, 2.05) is 18.2 Å². The molecule has 0 aliphatic heterocycles. The van der Waals surface area contributed by atoms with Crippen LogP contribution in [0.2, 0.25) is 0 Å². The summed E-state index contributed by atoms with van der Waals surface area (Å²) in [4.78, 5) is 16.5. The third kappa shape index (κ3) is 7.71. The van der Waals surface area contributed by atoms with Gasteiger partial charge in [-0.2, -0.15) is 0 Å². The van der Waals surface area contributed by atoms with Crippen molar-refractivity contribution in [2.45, 2.75) is 52.2 Å². The Kier molecular flexibility index (Phi) is 8.77. The molecule has 0 fully saturated rings. The number of nitrogen functional groups attached to an aromatic ring is 1. The van der Waals surface area contributed by atoms with Crippen molar-refractivity contribution in [2.75, 3.05) is 24.2 Å². The molecule has 0 aliphatic carbocycles. The van der Waals surface area contributed by atoms with E-state index < -0.39 is 23.6 Å². The number of amides is 1. The van der Waals surface area contributed by atoms with E-state index in [2.05, 4.69) is 31.5 Å². The van der Waals surface area contributed by atoms with Crippen molar-refractivity contribution >= 4 is 44.3 Å². The fraction of sp³-hybridized carbons (Fsp3) is 0.385. The Morgan fingerprint density at radius 1 is 1.20 bits per heavy atom. The summed E-state index contributed by atoms with van der Waals surface area (Å²) in [7, 11) is 0. The van der Waals surface area contributed by atoms with Gasteiger partial charge < -0.3 is 25.8 Å². The van der Waals surface area contributed by atoms with Crippen molar-refractivity contribution in [3.8, 4) is 5.75 Å². The summed E-state index contributed by atoms with van der Waals surface area (Å²) in [6.45, 7) is 8.26. The number of aromatic nitrogens is 1. The van der Waals surface area contributed by atoms with Crippen molar-refractivity contribution in [2.24, 2.45) is 0 Å². The first-order chi connectivity index (χ1) is 16.5. The Bertz CT molecular complexity index is 1180. The van der Waals surface area contributed by atoms with E-state index in [0.29, 0.717) is 30.2 Å². The fourth-order valence-corrected chi connectivity index (χ4v) is 3.91. The summed E-state index contributed by atoms with van der Waals surface area (Å²) in [6.07, 6.45) is 2.69. The van der Waals surface area contributed by atoms with Crippen LogP contribution in [0.25, 0.3) is 10.9 Å². The summed E-state index contributed by atoms with van der Waals surface area (Å²) >= 11 is 3.50. The minimum absolute atomic E-state index is 0.400. The van der Waals surface area contributed by atoms with Gasteiger partial charge in [0, 0.05) is 22.0 Å². The Hall–Kier alpha value is -3.07. The topological polar surface area (TPSA) is 98.5 Å². The van der Waals surface area contributed by atoms with Gasteiger partial charge >= 0.3 is 6.09 Å². The second-order valence-corrected chi connectivity index (χ2v) is 10.2. The van der Waals surface area contributed by atoms with E-state index in [1.165, 1.54) is 12.1 Å². The van der Waals surface area contributed by atoms with Crippen LogP contribution >= 0.6 is 15.9 Å². The molecule has 0 radical (unpaired) electrons. The molecule has 1 atom stereocenters. The number of hydrogen-bond acceptors (Lipinski definition) is 6. The minimum atomic E-state index is -0.622. The predicted molar refractivity (Wildman–Crippen MR) is 141 cm³/mol.